The molecule has 1 aromatic carbocycles. The van der Waals surface area contributed by atoms with Gasteiger partial charge >= 0.3 is 0 Å². The van der Waals surface area contributed by atoms with Gasteiger partial charge in [0.05, 0.1) is 23.8 Å². The van der Waals surface area contributed by atoms with E-state index in [0.29, 0.717) is 29.9 Å². The van der Waals surface area contributed by atoms with Gasteiger partial charge in [-0.2, -0.15) is 0 Å². The fourth-order valence-corrected chi connectivity index (χ4v) is 3.51. The molecule has 2 bridgehead atoms. The highest BCUT2D eigenvalue weighted by atomic mass is 35.5. The Labute approximate surface area is 142 Å². The zero-order valence-electron chi connectivity index (χ0n) is 13.3. The zero-order chi connectivity index (χ0) is 16.2. The summed E-state index contributed by atoms with van der Waals surface area (Å²) in [4.78, 5) is 2.28. The predicted octanol–water partition coefficient (Wildman–Crippen LogP) is 2.17. The number of hydrogen-bond acceptors (Lipinski definition) is 4. The van der Waals surface area contributed by atoms with E-state index >= 15 is 0 Å². The highest BCUT2D eigenvalue weighted by Crippen LogP contribution is 2.32. The highest BCUT2D eigenvalue weighted by molar-refractivity contribution is 6.32. The number of halogens is 1. The monoisotopic (exact) mass is 335 g/mol. The molecule has 3 aliphatic heterocycles. The van der Waals surface area contributed by atoms with Crippen LogP contribution in [0, 0.1) is 17.8 Å². The van der Waals surface area contributed by atoms with Gasteiger partial charge in [0, 0.05) is 12.7 Å². The second-order valence-corrected chi connectivity index (χ2v) is 6.47. The number of ether oxygens (including phenoxy) is 2. The van der Waals surface area contributed by atoms with E-state index in [2.05, 4.69) is 16.7 Å². The molecule has 3 fully saturated rings. The smallest absolute Gasteiger partial charge is 0.138 e. The van der Waals surface area contributed by atoms with E-state index in [1.807, 2.05) is 12.1 Å². The second-order valence-electron chi connectivity index (χ2n) is 6.06. The molecular weight excluding hydrogens is 314 g/mol. The van der Waals surface area contributed by atoms with E-state index in [0.717, 1.165) is 31.5 Å². The first-order chi connectivity index (χ1) is 11.2. The van der Waals surface area contributed by atoms with Gasteiger partial charge in [-0.15, -0.1) is 0 Å². The Bertz CT molecular complexity index is 600. The van der Waals surface area contributed by atoms with Crippen LogP contribution in [0.2, 0.25) is 5.02 Å². The van der Waals surface area contributed by atoms with Crippen molar-refractivity contribution in [3.05, 3.63) is 28.8 Å². The van der Waals surface area contributed by atoms with Crippen LogP contribution in [0.25, 0.3) is 0 Å². The maximum Gasteiger partial charge on any atom is 0.138 e. The Morgan fingerprint density at radius 2 is 2.09 bits per heavy atom. The molecule has 1 aromatic rings. The number of hydrogen-bond donors (Lipinski definition) is 1. The minimum absolute atomic E-state index is 0.0566. The molecule has 3 heterocycles. The van der Waals surface area contributed by atoms with Crippen molar-refractivity contribution in [2.45, 2.75) is 25.0 Å². The van der Waals surface area contributed by atoms with Crippen LogP contribution in [0.1, 0.15) is 18.4 Å². The first-order valence-electron chi connectivity index (χ1n) is 8.04. The summed E-state index contributed by atoms with van der Waals surface area (Å²) in [7, 11) is 1.63. The van der Waals surface area contributed by atoms with Gasteiger partial charge in [0.25, 0.3) is 0 Å². The van der Waals surface area contributed by atoms with Crippen molar-refractivity contribution in [1.29, 1.82) is 0 Å². The molecule has 0 saturated carbocycles. The molecule has 3 aliphatic rings. The molecule has 0 radical (unpaired) electrons. The lowest BCUT2D eigenvalue weighted by atomic mass is 9.81. The summed E-state index contributed by atoms with van der Waals surface area (Å²) in [6, 6.07) is 5.47. The lowest BCUT2D eigenvalue weighted by molar-refractivity contribution is -0.0500. The third kappa shape index (κ3) is 3.81. The standard InChI is InChI=1S/C18H22ClNO3/c1-22-10-11-23-17-5-3-13(12-15(17)19)2-4-16-18(21)14-6-8-20(16)9-7-14/h3,5,12,14,16,18,21H,6-11H2,1H3. The van der Waals surface area contributed by atoms with Gasteiger partial charge in [-0.25, -0.2) is 0 Å². The molecular formula is C18H22ClNO3. The van der Waals surface area contributed by atoms with Crippen LogP contribution in [0.4, 0.5) is 0 Å². The normalized spacial score (nSPS) is 29.0. The summed E-state index contributed by atoms with van der Waals surface area (Å²) in [6.07, 6.45) is 1.83. The fourth-order valence-electron chi connectivity index (χ4n) is 3.28. The summed E-state index contributed by atoms with van der Waals surface area (Å²) >= 11 is 6.23. The molecule has 2 atom stereocenters. The lowest BCUT2D eigenvalue weighted by Crippen LogP contribution is -2.57. The Hall–Kier alpha value is -1.25. The Morgan fingerprint density at radius 3 is 2.74 bits per heavy atom. The van der Waals surface area contributed by atoms with Gasteiger partial charge < -0.3 is 14.6 Å². The average molecular weight is 336 g/mol. The van der Waals surface area contributed by atoms with E-state index < -0.39 is 0 Å². The molecule has 3 saturated heterocycles. The molecule has 0 amide bonds. The Morgan fingerprint density at radius 1 is 1.30 bits per heavy atom. The number of aliphatic hydroxyl groups is 1. The molecule has 0 spiro atoms. The first-order valence-corrected chi connectivity index (χ1v) is 8.42. The number of nitrogens with zero attached hydrogens (tertiary/aromatic N) is 1. The van der Waals surface area contributed by atoms with Crippen LogP contribution in [0.5, 0.6) is 5.75 Å². The van der Waals surface area contributed by atoms with E-state index in [1.165, 1.54) is 0 Å². The van der Waals surface area contributed by atoms with Crippen molar-refractivity contribution < 1.29 is 14.6 Å². The van der Waals surface area contributed by atoms with Gasteiger partial charge in [0.2, 0.25) is 0 Å². The number of methoxy groups -OCH3 is 1. The molecule has 5 heteroatoms. The number of fused-ring (bicyclic) bond motifs is 3. The molecule has 4 rings (SSSR count). The minimum atomic E-state index is -0.336. The number of piperidine rings is 3. The van der Waals surface area contributed by atoms with Crippen molar-refractivity contribution in [2.75, 3.05) is 33.4 Å². The average Bonchev–Trinajstić information content (AvgIpc) is 2.57. The van der Waals surface area contributed by atoms with Crippen molar-refractivity contribution >= 4 is 11.6 Å². The molecule has 23 heavy (non-hydrogen) atoms. The van der Waals surface area contributed by atoms with Crippen LogP contribution >= 0.6 is 11.6 Å². The van der Waals surface area contributed by atoms with Gasteiger partial charge in [-0.1, -0.05) is 23.4 Å². The maximum atomic E-state index is 10.4. The number of aliphatic hydroxyl groups excluding tert-OH is 1. The molecule has 124 valence electrons. The van der Waals surface area contributed by atoms with Crippen molar-refractivity contribution in [2.24, 2.45) is 5.92 Å². The summed E-state index contributed by atoms with van der Waals surface area (Å²) in [5, 5.41) is 10.9. The topological polar surface area (TPSA) is 41.9 Å². The third-order valence-corrected chi connectivity index (χ3v) is 4.91. The van der Waals surface area contributed by atoms with Gasteiger partial charge in [-0.3, -0.25) is 4.90 Å². The summed E-state index contributed by atoms with van der Waals surface area (Å²) in [6.45, 7) is 3.06. The van der Waals surface area contributed by atoms with Crippen molar-refractivity contribution in [1.82, 2.24) is 4.90 Å². The first kappa shape index (κ1) is 16.6. The second kappa shape index (κ2) is 7.55. The third-order valence-electron chi connectivity index (χ3n) is 4.62. The maximum absolute atomic E-state index is 10.4. The van der Waals surface area contributed by atoms with E-state index in [-0.39, 0.29) is 12.1 Å². The van der Waals surface area contributed by atoms with Crippen LogP contribution in [0.3, 0.4) is 0 Å². The largest absolute Gasteiger partial charge is 0.490 e. The van der Waals surface area contributed by atoms with E-state index in [1.54, 1.807) is 13.2 Å². The quantitative estimate of drug-likeness (QED) is 0.676. The van der Waals surface area contributed by atoms with E-state index in [4.69, 9.17) is 21.1 Å². The van der Waals surface area contributed by atoms with Gasteiger partial charge in [0.15, 0.2) is 0 Å². The summed E-state index contributed by atoms with van der Waals surface area (Å²) in [5.74, 6) is 7.41. The van der Waals surface area contributed by atoms with Crippen LogP contribution in [0.15, 0.2) is 18.2 Å². The Kier molecular flexibility index (Phi) is 5.45. The SMILES string of the molecule is COCCOc1ccc(C#CC2C(O)C3CCN2CC3)cc1Cl. The predicted molar refractivity (Wildman–Crippen MR) is 89.8 cm³/mol. The van der Waals surface area contributed by atoms with Crippen LogP contribution < -0.4 is 4.74 Å². The molecule has 0 aromatic heterocycles. The minimum Gasteiger partial charge on any atom is -0.490 e. The lowest BCUT2D eigenvalue weighted by Gasteiger charge is -2.46. The van der Waals surface area contributed by atoms with Crippen molar-refractivity contribution in [3.8, 4) is 17.6 Å². The van der Waals surface area contributed by atoms with Gasteiger partial charge in [0.1, 0.15) is 12.4 Å². The number of benzene rings is 1. The van der Waals surface area contributed by atoms with Gasteiger partial charge in [-0.05, 0) is 50.0 Å². The zero-order valence-corrected chi connectivity index (χ0v) is 14.1. The van der Waals surface area contributed by atoms with Crippen LogP contribution in [-0.2, 0) is 4.74 Å². The fraction of sp³-hybridized carbons (Fsp3) is 0.556. The molecule has 2 unspecified atom stereocenters. The van der Waals surface area contributed by atoms with E-state index in [9.17, 15) is 5.11 Å². The van der Waals surface area contributed by atoms with Crippen LogP contribution in [-0.4, -0.2) is 55.6 Å². The number of rotatable bonds is 4. The Balaban J connectivity index is 1.68. The molecule has 4 nitrogen and oxygen atoms in total. The molecule has 1 N–H and O–H groups in total. The van der Waals surface area contributed by atoms with Crippen molar-refractivity contribution in [3.63, 3.8) is 0 Å². The highest BCUT2D eigenvalue weighted by Gasteiger charge is 2.40. The summed E-state index contributed by atoms with van der Waals surface area (Å²) in [5.41, 5.74) is 0.837. The molecule has 0 aliphatic carbocycles. The summed E-state index contributed by atoms with van der Waals surface area (Å²) < 4.78 is 10.5.